The highest BCUT2D eigenvalue weighted by Gasteiger charge is 2.24. The third-order valence-electron chi connectivity index (χ3n) is 5.44. The van der Waals surface area contributed by atoms with Crippen LogP contribution in [0.25, 0.3) is 0 Å². The maximum absolute atomic E-state index is 12.9. The minimum Gasteiger partial charge on any atom is -0.378 e. The van der Waals surface area contributed by atoms with Gasteiger partial charge in [0.05, 0.1) is 24.3 Å². The van der Waals surface area contributed by atoms with Gasteiger partial charge >= 0.3 is 0 Å². The summed E-state index contributed by atoms with van der Waals surface area (Å²) < 4.78 is 5.30. The van der Waals surface area contributed by atoms with E-state index in [-0.39, 0.29) is 11.8 Å². The zero-order chi connectivity index (χ0) is 20.1. The van der Waals surface area contributed by atoms with Crippen LogP contribution < -0.4 is 0 Å². The standard InChI is InChI=1S/C22H26N4O3/c27-21(25-8-6-24(7-9-25)17-18-4-2-1-3-5-18)19-14-20(16-23-15-19)22(28)26-10-12-29-13-11-26/h1-5,14-16H,6-13,17H2. The molecule has 0 spiro atoms. The van der Waals surface area contributed by atoms with E-state index in [1.807, 2.05) is 23.1 Å². The smallest absolute Gasteiger partial charge is 0.255 e. The zero-order valence-corrected chi connectivity index (χ0v) is 16.5. The van der Waals surface area contributed by atoms with Crippen LogP contribution in [0.4, 0.5) is 0 Å². The van der Waals surface area contributed by atoms with Crippen molar-refractivity contribution in [2.24, 2.45) is 0 Å². The molecule has 2 fully saturated rings. The van der Waals surface area contributed by atoms with E-state index < -0.39 is 0 Å². The van der Waals surface area contributed by atoms with Crippen molar-refractivity contribution in [2.75, 3.05) is 52.5 Å². The summed E-state index contributed by atoms with van der Waals surface area (Å²) in [4.78, 5) is 35.7. The highest BCUT2D eigenvalue weighted by atomic mass is 16.5. The molecule has 1 aromatic carbocycles. The third kappa shape index (κ3) is 4.81. The fourth-order valence-corrected chi connectivity index (χ4v) is 3.76. The molecule has 2 aliphatic heterocycles. The lowest BCUT2D eigenvalue weighted by molar-refractivity contribution is 0.0302. The van der Waals surface area contributed by atoms with Crippen molar-refractivity contribution in [1.29, 1.82) is 0 Å². The van der Waals surface area contributed by atoms with Gasteiger partial charge in [0, 0.05) is 58.2 Å². The molecular weight excluding hydrogens is 368 g/mol. The summed E-state index contributed by atoms with van der Waals surface area (Å²) in [6.07, 6.45) is 3.08. The number of hydrogen-bond donors (Lipinski definition) is 0. The Morgan fingerprint density at radius 1 is 0.828 bits per heavy atom. The molecule has 0 saturated carbocycles. The van der Waals surface area contributed by atoms with Crippen LogP contribution in [0.15, 0.2) is 48.8 Å². The quantitative estimate of drug-likeness (QED) is 0.787. The average Bonchev–Trinajstić information content (AvgIpc) is 2.80. The van der Waals surface area contributed by atoms with E-state index in [2.05, 4.69) is 22.0 Å². The van der Waals surface area contributed by atoms with E-state index in [1.165, 1.54) is 11.8 Å². The lowest BCUT2D eigenvalue weighted by Crippen LogP contribution is -2.48. The molecule has 2 amide bonds. The average molecular weight is 394 g/mol. The number of amides is 2. The molecule has 0 radical (unpaired) electrons. The van der Waals surface area contributed by atoms with E-state index in [9.17, 15) is 9.59 Å². The number of rotatable bonds is 4. The molecule has 2 aromatic rings. The maximum atomic E-state index is 12.9. The van der Waals surface area contributed by atoms with Crippen LogP contribution in [0.1, 0.15) is 26.3 Å². The molecule has 2 saturated heterocycles. The highest BCUT2D eigenvalue weighted by molar-refractivity contribution is 5.99. The molecule has 3 heterocycles. The van der Waals surface area contributed by atoms with Crippen molar-refractivity contribution in [3.05, 3.63) is 65.5 Å². The van der Waals surface area contributed by atoms with Gasteiger partial charge in [0.25, 0.3) is 11.8 Å². The summed E-state index contributed by atoms with van der Waals surface area (Å²) >= 11 is 0. The van der Waals surface area contributed by atoms with Crippen LogP contribution in [-0.2, 0) is 11.3 Å². The van der Waals surface area contributed by atoms with Gasteiger partial charge in [0.2, 0.25) is 0 Å². The molecule has 0 aliphatic carbocycles. The monoisotopic (exact) mass is 394 g/mol. The van der Waals surface area contributed by atoms with E-state index in [0.717, 1.165) is 19.6 Å². The predicted octanol–water partition coefficient (Wildman–Crippen LogP) is 1.51. The fraction of sp³-hybridized carbons (Fsp3) is 0.409. The molecule has 0 atom stereocenters. The van der Waals surface area contributed by atoms with Crippen LogP contribution in [-0.4, -0.2) is 84.0 Å². The Morgan fingerprint density at radius 3 is 2.03 bits per heavy atom. The maximum Gasteiger partial charge on any atom is 0.255 e. The van der Waals surface area contributed by atoms with Gasteiger partial charge in [0.15, 0.2) is 0 Å². The number of carbonyl (C=O) groups excluding carboxylic acids is 2. The molecular formula is C22H26N4O3. The van der Waals surface area contributed by atoms with Crippen molar-refractivity contribution in [2.45, 2.75) is 6.54 Å². The fourth-order valence-electron chi connectivity index (χ4n) is 3.76. The zero-order valence-electron chi connectivity index (χ0n) is 16.5. The summed E-state index contributed by atoms with van der Waals surface area (Å²) in [5, 5.41) is 0. The van der Waals surface area contributed by atoms with E-state index in [0.29, 0.717) is 50.5 Å². The molecule has 1 aromatic heterocycles. The summed E-state index contributed by atoms with van der Waals surface area (Å²) in [5.74, 6) is -0.156. The van der Waals surface area contributed by atoms with Gasteiger partial charge in [-0.2, -0.15) is 0 Å². The SMILES string of the molecule is O=C(c1cncc(C(=O)N2CCN(Cc3ccccc3)CC2)c1)N1CCOCC1. The Kier molecular flexibility index (Phi) is 6.17. The third-order valence-corrected chi connectivity index (χ3v) is 5.44. The second-order valence-electron chi connectivity index (χ2n) is 7.42. The Labute approximate surface area is 170 Å². The van der Waals surface area contributed by atoms with Gasteiger partial charge in [-0.25, -0.2) is 0 Å². The number of morpholine rings is 1. The largest absolute Gasteiger partial charge is 0.378 e. The van der Waals surface area contributed by atoms with Gasteiger partial charge in [-0.3, -0.25) is 19.5 Å². The van der Waals surface area contributed by atoms with Crippen molar-refractivity contribution in [3.8, 4) is 0 Å². The van der Waals surface area contributed by atoms with Crippen molar-refractivity contribution < 1.29 is 14.3 Å². The van der Waals surface area contributed by atoms with Gasteiger partial charge in [-0.1, -0.05) is 30.3 Å². The summed E-state index contributed by atoms with van der Waals surface area (Å²) in [7, 11) is 0. The van der Waals surface area contributed by atoms with Crippen LogP contribution in [0.2, 0.25) is 0 Å². The lowest BCUT2D eigenvalue weighted by Gasteiger charge is -2.34. The number of pyridine rings is 1. The van der Waals surface area contributed by atoms with Gasteiger partial charge in [-0.15, -0.1) is 0 Å². The Balaban J connectivity index is 1.35. The number of benzene rings is 1. The van der Waals surface area contributed by atoms with Crippen LogP contribution in [0.3, 0.4) is 0 Å². The number of aromatic nitrogens is 1. The van der Waals surface area contributed by atoms with Crippen LogP contribution >= 0.6 is 0 Å². The number of carbonyl (C=O) groups is 2. The van der Waals surface area contributed by atoms with Gasteiger partial charge < -0.3 is 14.5 Å². The van der Waals surface area contributed by atoms with Gasteiger partial charge in [-0.05, 0) is 11.6 Å². The summed E-state index contributed by atoms with van der Waals surface area (Å²) in [6, 6.07) is 12.0. The highest BCUT2D eigenvalue weighted by Crippen LogP contribution is 2.14. The molecule has 2 aliphatic rings. The molecule has 152 valence electrons. The molecule has 0 bridgehead atoms. The Morgan fingerprint density at radius 2 is 1.41 bits per heavy atom. The van der Waals surface area contributed by atoms with Crippen molar-refractivity contribution >= 4 is 11.8 Å². The summed E-state index contributed by atoms with van der Waals surface area (Å²) in [6.45, 7) is 6.15. The van der Waals surface area contributed by atoms with Crippen molar-refractivity contribution in [3.63, 3.8) is 0 Å². The first kappa shape index (κ1) is 19.5. The number of piperazine rings is 1. The minimum atomic E-state index is -0.0943. The predicted molar refractivity (Wildman–Crippen MR) is 109 cm³/mol. The normalized spacial score (nSPS) is 17.9. The van der Waals surface area contributed by atoms with Gasteiger partial charge in [0.1, 0.15) is 0 Å². The number of hydrogen-bond acceptors (Lipinski definition) is 5. The van der Waals surface area contributed by atoms with E-state index in [1.54, 1.807) is 17.2 Å². The topological polar surface area (TPSA) is 66.0 Å². The molecule has 7 nitrogen and oxygen atoms in total. The molecule has 0 unspecified atom stereocenters. The van der Waals surface area contributed by atoms with Crippen molar-refractivity contribution in [1.82, 2.24) is 19.7 Å². The second kappa shape index (κ2) is 9.15. The van der Waals surface area contributed by atoms with Crippen LogP contribution in [0, 0.1) is 0 Å². The Hall–Kier alpha value is -2.77. The number of ether oxygens (including phenoxy) is 1. The van der Waals surface area contributed by atoms with Crippen LogP contribution in [0.5, 0.6) is 0 Å². The first-order valence-electron chi connectivity index (χ1n) is 10.1. The second-order valence-corrected chi connectivity index (χ2v) is 7.42. The molecule has 0 N–H and O–H groups in total. The lowest BCUT2D eigenvalue weighted by atomic mass is 10.1. The van der Waals surface area contributed by atoms with E-state index in [4.69, 9.17) is 4.74 Å². The first-order valence-corrected chi connectivity index (χ1v) is 10.1. The van der Waals surface area contributed by atoms with E-state index >= 15 is 0 Å². The Bertz CT molecular complexity index is 844. The first-order chi connectivity index (χ1) is 14.2. The molecule has 7 heteroatoms. The molecule has 4 rings (SSSR count). The molecule has 29 heavy (non-hydrogen) atoms. The number of nitrogens with zero attached hydrogens (tertiary/aromatic N) is 4. The minimum absolute atomic E-state index is 0.0616. The summed E-state index contributed by atoms with van der Waals surface area (Å²) in [5.41, 5.74) is 2.21.